The molecule has 132 valence electrons. The first-order valence-electron chi connectivity index (χ1n) is 8.10. The lowest BCUT2D eigenvalue weighted by Crippen LogP contribution is -2.31. The minimum Gasteiger partial charge on any atom is -0.399 e. The summed E-state index contributed by atoms with van der Waals surface area (Å²) in [6, 6.07) is 12.6. The Morgan fingerprint density at radius 3 is 2.52 bits per heavy atom. The molecule has 0 fully saturated rings. The first-order chi connectivity index (χ1) is 11.6. The van der Waals surface area contributed by atoms with Crippen molar-refractivity contribution in [2.24, 2.45) is 0 Å². The Morgan fingerprint density at radius 2 is 1.80 bits per heavy atom. The van der Waals surface area contributed by atoms with Crippen LogP contribution >= 0.6 is 12.4 Å². The average Bonchev–Trinajstić information content (AvgIpc) is 2.61. The minimum absolute atomic E-state index is 0. The summed E-state index contributed by atoms with van der Waals surface area (Å²) in [5, 5.41) is 5.65. The van der Waals surface area contributed by atoms with Gasteiger partial charge in [-0.3, -0.25) is 9.59 Å². The maximum Gasteiger partial charge on any atom is 0.251 e. The summed E-state index contributed by atoms with van der Waals surface area (Å²) in [5.41, 5.74) is 9.89. The summed E-state index contributed by atoms with van der Waals surface area (Å²) < 4.78 is 0. The fraction of sp³-hybridized carbons (Fsp3) is 0.263. The lowest BCUT2D eigenvalue weighted by Gasteiger charge is -2.26. The molecule has 0 saturated heterocycles. The van der Waals surface area contributed by atoms with E-state index in [1.54, 1.807) is 31.3 Å². The summed E-state index contributed by atoms with van der Waals surface area (Å²) >= 11 is 0. The fourth-order valence-corrected chi connectivity index (χ4v) is 3.17. The molecular weight excluding hydrogens is 338 g/mol. The monoisotopic (exact) mass is 359 g/mol. The van der Waals surface area contributed by atoms with Gasteiger partial charge in [0.15, 0.2) is 0 Å². The molecular formula is C19H22ClN3O2. The molecule has 0 spiro atoms. The Labute approximate surface area is 153 Å². The van der Waals surface area contributed by atoms with Gasteiger partial charge in [0.25, 0.3) is 11.8 Å². The highest BCUT2D eigenvalue weighted by Gasteiger charge is 2.22. The van der Waals surface area contributed by atoms with Crippen LogP contribution in [0.25, 0.3) is 0 Å². The van der Waals surface area contributed by atoms with Gasteiger partial charge in [-0.25, -0.2) is 0 Å². The average molecular weight is 360 g/mol. The Kier molecular flexibility index (Phi) is 6.04. The predicted molar refractivity (Wildman–Crippen MR) is 101 cm³/mol. The van der Waals surface area contributed by atoms with Crippen molar-refractivity contribution in [3.05, 3.63) is 64.7 Å². The molecule has 25 heavy (non-hydrogen) atoms. The third-order valence-corrected chi connectivity index (χ3v) is 4.40. The third-order valence-electron chi connectivity index (χ3n) is 4.40. The molecule has 3 rings (SSSR count). The molecule has 1 atom stereocenters. The summed E-state index contributed by atoms with van der Waals surface area (Å²) in [4.78, 5) is 24.3. The van der Waals surface area contributed by atoms with E-state index in [1.165, 1.54) is 5.56 Å². The Hall–Kier alpha value is -2.53. The SMILES string of the molecule is CNC(=O)c1cccc(C(=O)NC2CCCc3cc(N)ccc32)c1.Cl. The van der Waals surface area contributed by atoms with Crippen LogP contribution in [0.3, 0.4) is 0 Å². The van der Waals surface area contributed by atoms with E-state index in [0.29, 0.717) is 11.1 Å². The number of rotatable bonds is 3. The van der Waals surface area contributed by atoms with Crippen LogP contribution in [0, 0.1) is 0 Å². The minimum atomic E-state index is -0.205. The van der Waals surface area contributed by atoms with E-state index < -0.39 is 0 Å². The molecule has 4 N–H and O–H groups in total. The van der Waals surface area contributed by atoms with Gasteiger partial charge in [-0.15, -0.1) is 12.4 Å². The summed E-state index contributed by atoms with van der Waals surface area (Å²) in [6.45, 7) is 0. The Morgan fingerprint density at radius 1 is 1.08 bits per heavy atom. The highest BCUT2D eigenvalue weighted by molar-refractivity contribution is 5.99. The second-order valence-electron chi connectivity index (χ2n) is 6.04. The predicted octanol–water partition coefficient (Wildman–Crippen LogP) is 2.86. The van der Waals surface area contributed by atoms with Gasteiger partial charge in [0.1, 0.15) is 0 Å². The highest BCUT2D eigenvalue weighted by Crippen LogP contribution is 2.31. The normalized spacial score (nSPS) is 15.5. The molecule has 1 unspecified atom stereocenters. The molecule has 2 amide bonds. The van der Waals surface area contributed by atoms with Crippen molar-refractivity contribution in [3.63, 3.8) is 0 Å². The van der Waals surface area contributed by atoms with Gasteiger partial charge in [-0.1, -0.05) is 12.1 Å². The molecule has 2 aromatic rings. The first-order valence-corrected chi connectivity index (χ1v) is 8.10. The maximum absolute atomic E-state index is 12.6. The standard InChI is InChI=1S/C19H21N3O2.ClH/c1-21-18(23)13-5-2-6-14(10-13)19(24)22-17-7-3-4-12-11-15(20)8-9-16(12)17;/h2,5-6,8-11,17H,3-4,7,20H2,1H3,(H,21,23)(H,22,24);1H. The van der Waals surface area contributed by atoms with Crippen LogP contribution in [0.2, 0.25) is 0 Å². The van der Waals surface area contributed by atoms with Crippen LogP contribution in [0.1, 0.15) is 50.7 Å². The smallest absolute Gasteiger partial charge is 0.251 e. The zero-order valence-corrected chi connectivity index (χ0v) is 14.9. The molecule has 0 bridgehead atoms. The van der Waals surface area contributed by atoms with Crippen molar-refractivity contribution in [1.29, 1.82) is 0 Å². The van der Waals surface area contributed by atoms with E-state index in [2.05, 4.69) is 10.6 Å². The number of nitrogens with two attached hydrogens (primary N) is 1. The Bertz CT molecular complexity index is 792. The van der Waals surface area contributed by atoms with Crippen molar-refractivity contribution >= 4 is 29.9 Å². The number of hydrogen-bond acceptors (Lipinski definition) is 3. The van der Waals surface area contributed by atoms with Gasteiger partial charge in [0.05, 0.1) is 6.04 Å². The number of amides is 2. The summed E-state index contributed by atoms with van der Waals surface area (Å²) in [6.07, 6.45) is 2.90. The van der Waals surface area contributed by atoms with Crippen LogP contribution in [0.5, 0.6) is 0 Å². The molecule has 1 aliphatic carbocycles. The molecule has 0 saturated carbocycles. The molecule has 0 aliphatic heterocycles. The third kappa shape index (κ3) is 4.12. The van der Waals surface area contributed by atoms with Crippen molar-refractivity contribution in [2.45, 2.75) is 25.3 Å². The quantitative estimate of drug-likeness (QED) is 0.737. The largest absolute Gasteiger partial charge is 0.399 e. The number of hydrogen-bond donors (Lipinski definition) is 3. The number of anilines is 1. The highest BCUT2D eigenvalue weighted by atomic mass is 35.5. The number of carbonyl (C=O) groups excluding carboxylic acids is 2. The second kappa shape index (κ2) is 8.03. The second-order valence-corrected chi connectivity index (χ2v) is 6.04. The topological polar surface area (TPSA) is 84.2 Å². The van der Waals surface area contributed by atoms with Crippen molar-refractivity contribution in [3.8, 4) is 0 Å². The van der Waals surface area contributed by atoms with E-state index in [0.717, 1.165) is 30.5 Å². The lowest BCUT2D eigenvalue weighted by molar-refractivity contribution is 0.0932. The number of benzene rings is 2. The van der Waals surface area contributed by atoms with Gasteiger partial charge < -0.3 is 16.4 Å². The van der Waals surface area contributed by atoms with Gasteiger partial charge in [-0.2, -0.15) is 0 Å². The van der Waals surface area contributed by atoms with E-state index in [-0.39, 0.29) is 30.3 Å². The van der Waals surface area contributed by atoms with Crippen molar-refractivity contribution in [2.75, 3.05) is 12.8 Å². The molecule has 1 aliphatic rings. The molecule has 6 heteroatoms. The number of carbonyl (C=O) groups is 2. The number of fused-ring (bicyclic) bond motifs is 1. The molecule has 0 aromatic heterocycles. The van der Waals surface area contributed by atoms with Gasteiger partial charge in [0, 0.05) is 23.9 Å². The summed E-state index contributed by atoms with van der Waals surface area (Å²) in [7, 11) is 1.57. The first kappa shape index (κ1) is 18.8. The summed E-state index contributed by atoms with van der Waals surface area (Å²) in [5.74, 6) is -0.376. The van der Waals surface area contributed by atoms with E-state index in [9.17, 15) is 9.59 Å². The number of nitrogens with one attached hydrogen (secondary N) is 2. The zero-order valence-electron chi connectivity index (χ0n) is 14.0. The lowest BCUT2D eigenvalue weighted by atomic mass is 9.87. The number of aryl methyl sites for hydroxylation is 1. The van der Waals surface area contributed by atoms with Crippen LogP contribution in [0.15, 0.2) is 42.5 Å². The molecule has 0 radical (unpaired) electrons. The van der Waals surface area contributed by atoms with Crippen molar-refractivity contribution < 1.29 is 9.59 Å². The van der Waals surface area contributed by atoms with E-state index >= 15 is 0 Å². The van der Waals surface area contributed by atoms with Crippen LogP contribution in [-0.2, 0) is 6.42 Å². The van der Waals surface area contributed by atoms with Crippen molar-refractivity contribution in [1.82, 2.24) is 10.6 Å². The fourth-order valence-electron chi connectivity index (χ4n) is 3.17. The van der Waals surface area contributed by atoms with Crippen LogP contribution in [0.4, 0.5) is 5.69 Å². The number of halogens is 1. The maximum atomic E-state index is 12.6. The number of nitrogen functional groups attached to an aromatic ring is 1. The van der Waals surface area contributed by atoms with Gasteiger partial charge >= 0.3 is 0 Å². The van der Waals surface area contributed by atoms with Crippen LogP contribution < -0.4 is 16.4 Å². The molecule has 5 nitrogen and oxygen atoms in total. The molecule has 0 heterocycles. The zero-order chi connectivity index (χ0) is 17.1. The van der Waals surface area contributed by atoms with Crippen LogP contribution in [-0.4, -0.2) is 18.9 Å². The molecule has 2 aromatic carbocycles. The van der Waals surface area contributed by atoms with Gasteiger partial charge in [0.2, 0.25) is 0 Å². The van der Waals surface area contributed by atoms with E-state index in [1.807, 2.05) is 18.2 Å². The van der Waals surface area contributed by atoms with Gasteiger partial charge in [-0.05, 0) is 60.7 Å². The Balaban J connectivity index is 0.00000225. The van der Waals surface area contributed by atoms with E-state index in [4.69, 9.17) is 5.73 Å².